The maximum Gasteiger partial charge on any atom is 0.109 e. The van der Waals surface area contributed by atoms with Crippen molar-refractivity contribution in [2.45, 2.75) is 0 Å². The molecule has 2 rings (SSSR count). The Kier molecular flexibility index (Phi) is 4.41. The lowest BCUT2D eigenvalue weighted by molar-refractivity contribution is 0.318. The van der Waals surface area contributed by atoms with Crippen LogP contribution in [-0.4, -0.2) is 31.1 Å². The molecule has 0 bridgehead atoms. The predicted octanol–water partition coefficient (Wildman–Crippen LogP) is 2.44. The average molecular weight is 297 g/mol. The summed E-state index contributed by atoms with van der Waals surface area (Å²) < 4.78 is 0. The first kappa shape index (κ1) is 13.9. The van der Waals surface area contributed by atoms with Crippen molar-refractivity contribution in [2.75, 3.05) is 31.1 Å². The predicted molar refractivity (Wildman–Crippen MR) is 78.1 cm³/mol. The molecule has 1 aromatic rings. The van der Waals surface area contributed by atoms with E-state index < -0.39 is 0 Å². The van der Waals surface area contributed by atoms with Gasteiger partial charge in [-0.1, -0.05) is 23.2 Å². The molecule has 0 saturated carbocycles. The number of nitriles is 1. The topological polar surface area (TPSA) is 56.3 Å². The van der Waals surface area contributed by atoms with Gasteiger partial charge in [-0.15, -0.1) is 0 Å². The van der Waals surface area contributed by atoms with Crippen LogP contribution in [0.25, 0.3) is 0 Å². The van der Waals surface area contributed by atoms with E-state index in [9.17, 15) is 0 Å². The lowest BCUT2D eigenvalue weighted by atomic mass is 10.2. The van der Waals surface area contributed by atoms with Crippen molar-refractivity contribution in [3.63, 3.8) is 0 Å². The zero-order chi connectivity index (χ0) is 13.8. The lowest BCUT2D eigenvalue weighted by Gasteiger charge is -2.37. The van der Waals surface area contributed by atoms with Gasteiger partial charge in [0.25, 0.3) is 0 Å². The first-order valence-electron chi connectivity index (χ1n) is 5.92. The van der Waals surface area contributed by atoms with E-state index in [1.807, 2.05) is 23.1 Å². The van der Waals surface area contributed by atoms with E-state index in [4.69, 9.17) is 34.2 Å². The molecule has 0 aromatic heterocycles. The second kappa shape index (κ2) is 6.05. The number of nitrogens with zero attached hydrogens (tertiary/aromatic N) is 3. The Hall–Kier alpha value is -1.57. The normalized spacial score (nSPS) is 16.4. The van der Waals surface area contributed by atoms with E-state index in [1.165, 1.54) is 6.08 Å². The minimum atomic E-state index is 0.524. The Balaban J connectivity index is 2.02. The summed E-state index contributed by atoms with van der Waals surface area (Å²) in [7, 11) is 0. The molecule has 1 aromatic carbocycles. The van der Waals surface area contributed by atoms with Gasteiger partial charge in [0.05, 0.1) is 22.2 Å². The van der Waals surface area contributed by atoms with Crippen molar-refractivity contribution in [1.29, 1.82) is 5.26 Å². The Morgan fingerprint density at radius 3 is 2.47 bits per heavy atom. The van der Waals surface area contributed by atoms with Gasteiger partial charge < -0.3 is 15.5 Å². The van der Waals surface area contributed by atoms with E-state index in [2.05, 4.69) is 4.90 Å². The van der Waals surface area contributed by atoms with Crippen LogP contribution in [0.5, 0.6) is 0 Å². The van der Waals surface area contributed by atoms with E-state index in [0.29, 0.717) is 15.9 Å². The van der Waals surface area contributed by atoms with Crippen LogP contribution >= 0.6 is 23.2 Å². The average Bonchev–Trinajstić information content (AvgIpc) is 2.42. The fourth-order valence-electron chi connectivity index (χ4n) is 2.06. The Bertz CT molecular complexity index is 528. The third-order valence-corrected chi connectivity index (χ3v) is 3.86. The Labute approximate surface area is 122 Å². The van der Waals surface area contributed by atoms with Crippen LogP contribution in [0.15, 0.2) is 30.1 Å². The molecule has 0 radical (unpaired) electrons. The minimum absolute atomic E-state index is 0.524. The molecule has 6 heteroatoms. The molecule has 0 spiro atoms. The quantitative estimate of drug-likeness (QED) is 0.852. The monoisotopic (exact) mass is 296 g/mol. The molecule has 2 N–H and O–H groups in total. The van der Waals surface area contributed by atoms with Crippen LogP contribution < -0.4 is 10.6 Å². The Morgan fingerprint density at radius 1 is 1.21 bits per heavy atom. The molecule has 0 amide bonds. The van der Waals surface area contributed by atoms with E-state index in [0.717, 1.165) is 31.9 Å². The zero-order valence-corrected chi connectivity index (χ0v) is 11.8. The third-order valence-electron chi connectivity index (χ3n) is 3.13. The minimum Gasteiger partial charge on any atom is -0.385 e. The summed E-state index contributed by atoms with van der Waals surface area (Å²) in [5.74, 6) is 0.524. The molecule has 1 heterocycles. The molecule has 0 aliphatic carbocycles. The number of rotatable bonds is 2. The summed E-state index contributed by atoms with van der Waals surface area (Å²) >= 11 is 11.9. The highest BCUT2D eigenvalue weighted by Crippen LogP contribution is 2.27. The van der Waals surface area contributed by atoms with Gasteiger partial charge in [-0.3, -0.25) is 0 Å². The second-order valence-electron chi connectivity index (χ2n) is 4.27. The number of allylic oxidation sites excluding steroid dienone is 1. The van der Waals surface area contributed by atoms with Crippen LogP contribution in [0.3, 0.4) is 0 Å². The SMILES string of the molecule is N#CC=C(N)N1CCN(c2ccc(Cl)c(Cl)c2)CC1. The van der Waals surface area contributed by atoms with Crippen LogP contribution in [0.4, 0.5) is 5.69 Å². The van der Waals surface area contributed by atoms with Gasteiger partial charge in [0, 0.05) is 31.9 Å². The van der Waals surface area contributed by atoms with Crippen molar-refractivity contribution in [3.8, 4) is 6.07 Å². The smallest absolute Gasteiger partial charge is 0.109 e. The van der Waals surface area contributed by atoms with Crippen molar-refractivity contribution in [1.82, 2.24) is 4.90 Å². The molecule has 0 atom stereocenters. The van der Waals surface area contributed by atoms with E-state index >= 15 is 0 Å². The van der Waals surface area contributed by atoms with E-state index in [1.54, 1.807) is 6.07 Å². The first-order valence-corrected chi connectivity index (χ1v) is 6.67. The molecule has 1 aliphatic heterocycles. The summed E-state index contributed by atoms with van der Waals surface area (Å²) in [4.78, 5) is 4.22. The third kappa shape index (κ3) is 3.25. The van der Waals surface area contributed by atoms with Crippen LogP contribution in [0.2, 0.25) is 10.0 Å². The number of hydrogen-bond donors (Lipinski definition) is 1. The lowest BCUT2D eigenvalue weighted by Crippen LogP contribution is -2.47. The molecule has 1 fully saturated rings. The molecular weight excluding hydrogens is 283 g/mol. The Morgan fingerprint density at radius 2 is 1.89 bits per heavy atom. The van der Waals surface area contributed by atoms with Gasteiger partial charge >= 0.3 is 0 Å². The fourth-order valence-corrected chi connectivity index (χ4v) is 2.35. The van der Waals surface area contributed by atoms with Crippen LogP contribution in [-0.2, 0) is 0 Å². The molecule has 4 nitrogen and oxygen atoms in total. The van der Waals surface area contributed by atoms with Gasteiger partial charge in [-0.2, -0.15) is 5.26 Å². The number of hydrogen-bond acceptors (Lipinski definition) is 4. The van der Waals surface area contributed by atoms with Crippen molar-refractivity contribution in [2.24, 2.45) is 5.73 Å². The van der Waals surface area contributed by atoms with Crippen molar-refractivity contribution < 1.29 is 0 Å². The molecule has 0 unspecified atom stereocenters. The van der Waals surface area contributed by atoms with Gasteiger partial charge in [0.15, 0.2) is 0 Å². The largest absolute Gasteiger partial charge is 0.385 e. The highest BCUT2D eigenvalue weighted by molar-refractivity contribution is 6.42. The highest BCUT2D eigenvalue weighted by Gasteiger charge is 2.18. The van der Waals surface area contributed by atoms with Crippen LogP contribution in [0.1, 0.15) is 0 Å². The zero-order valence-electron chi connectivity index (χ0n) is 10.3. The number of nitrogens with two attached hydrogens (primary N) is 1. The van der Waals surface area contributed by atoms with E-state index in [-0.39, 0.29) is 0 Å². The van der Waals surface area contributed by atoms with Crippen molar-refractivity contribution in [3.05, 3.63) is 40.1 Å². The maximum absolute atomic E-state index is 8.58. The van der Waals surface area contributed by atoms with Gasteiger partial charge in [-0.25, -0.2) is 0 Å². The second-order valence-corrected chi connectivity index (χ2v) is 5.09. The van der Waals surface area contributed by atoms with Gasteiger partial charge in [0.2, 0.25) is 0 Å². The highest BCUT2D eigenvalue weighted by atomic mass is 35.5. The standard InChI is InChI=1S/C13H14Cl2N4/c14-11-2-1-10(9-12(11)15)18-5-7-19(8-6-18)13(17)3-4-16/h1-3,9H,5-8,17H2. The molecule has 1 saturated heterocycles. The number of halogens is 2. The fraction of sp³-hybridized carbons (Fsp3) is 0.308. The van der Waals surface area contributed by atoms with Gasteiger partial charge in [0.1, 0.15) is 5.82 Å². The summed E-state index contributed by atoms with van der Waals surface area (Å²) in [6.45, 7) is 3.23. The number of benzene rings is 1. The summed E-state index contributed by atoms with van der Waals surface area (Å²) in [6.07, 6.45) is 1.37. The molecule has 1 aliphatic rings. The maximum atomic E-state index is 8.58. The molecular formula is C13H14Cl2N4. The summed E-state index contributed by atoms with van der Waals surface area (Å²) in [5, 5.41) is 9.70. The first-order chi connectivity index (χ1) is 9.11. The summed E-state index contributed by atoms with van der Waals surface area (Å²) in [5.41, 5.74) is 6.85. The number of anilines is 1. The van der Waals surface area contributed by atoms with Crippen LogP contribution in [0, 0.1) is 11.3 Å². The summed E-state index contributed by atoms with van der Waals surface area (Å²) in [6, 6.07) is 7.57. The molecule has 100 valence electrons. The van der Waals surface area contributed by atoms with Gasteiger partial charge in [-0.05, 0) is 18.2 Å². The van der Waals surface area contributed by atoms with Crippen molar-refractivity contribution >= 4 is 28.9 Å². The number of piperazine rings is 1. The molecule has 19 heavy (non-hydrogen) atoms.